The summed E-state index contributed by atoms with van der Waals surface area (Å²) >= 11 is 0. The Morgan fingerprint density at radius 1 is 1.10 bits per heavy atom. The summed E-state index contributed by atoms with van der Waals surface area (Å²) in [7, 11) is 0. The van der Waals surface area contributed by atoms with Crippen LogP contribution in [0.2, 0.25) is 0 Å². The molecule has 4 heteroatoms. The molecule has 1 amide bonds. The van der Waals surface area contributed by atoms with Gasteiger partial charge in [-0.15, -0.1) is 0 Å². The highest BCUT2D eigenvalue weighted by Gasteiger charge is 2.22. The number of amides is 1. The molecule has 0 atom stereocenters. The maximum absolute atomic E-state index is 11.5. The Kier molecular flexibility index (Phi) is 7.35. The normalized spacial score (nSPS) is 20.9. The minimum Gasteiger partial charge on any atom is -0.444 e. The predicted molar refractivity (Wildman–Crippen MR) is 82.9 cm³/mol. The smallest absolute Gasteiger partial charge is 0.410 e. The Balaban J connectivity index is 0.000000240. The number of rotatable bonds is 0. The van der Waals surface area contributed by atoms with Crippen molar-refractivity contribution >= 4 is 6.09 Å². The van der Waals surface area contributed by atoms with E-state index in [9.17, 15) is 4.79 Å². The number of carbonyl (C=O) groups is 1. The van der Waals surface area contributed by atoms with Gasteiger partial charge in [-0.3, -0.25) is 0 Å². The molecular weight excluding hydrogens is 252 g/mol. The molecule has 2 rings (SSSR count). The van der Waals surface area contributed by atoms with Crippen molar-refractivity contribution in [1.82, 2.24) is 10.2 Å². The summed E-state index contributed by atoms with van der Waals surface area (Å²) in [6.45, 7) is 11.2. The van der Waals surface area contributed by atoms with Crippen molar-refractivity contribution in [3.8, 4) is 0 Å². The molecule has 0 aromatic rings. The SMILES string of the molecule is CC(C)(C)OC(=O)N1CCNCC1.CC1CCCCC1. The largest absolute Gasteiger partial charge is 0.444 e. The van der Waals surface area contributed by atoms with E-state index in [1.807, 2.05) is 20.8 Å². The Hall–Kier alpha value is -0.770. The van der Waals surface area contributed by atoms with Crippen molar-refractivity contribution in [2.75, 3.05) is 26.2 Å². The zero-order valence-electron chi connectivity index (χ0n) is 13.7. The summed E-state index contributed by atoms with van der Waals surface area (Å²) in [6, 6.07) is 0. The molecule has 2 aliphatic rings. The van der Waals surface area contributed by atoms with Crippen molar-refractivity contribution in [3.05, 3.63) is 0 Å². The van der Waals surface area contributed by atoms with E-state index >= 15 is 0 Å². The first-order valence-corrected chi connectivity index (χ1v) is 8.07. The van der Waals surface area contributed by atoms with Crippen LogP contribution in [-0.4, -0.2) is 42.8 Å². The molecule has 1 aliphatic carbocycles. The van der Waals surface area contributed by atoms with Crippen LogP contribution >= 0.6 is 0 Å². The third-order valence-corrected chi connectivity index (χ3v) is 3.66. The molecular formula is C16H32N2O2. The first-order valence-electron chi connectivity index (χ1n) is 8.07. The van der Waals surface area contributed by atoms with Gasteiger partial charge in [-0.05, 0) is 26.7 Å². The van der Waals surface area contributed by atoms with Gasteiger partial charge in [-0.25, -0.2) is 4.79 Å². The summed E-state index contributed by atoms with van der Waals surface area (Å²) in [6.07, 6.45) is 7.24. The van der Waals surface area contributed by atoms with Crippen LogP contribution in [0.25, 0.3) is 0 Å². The van der Waals surface area contributed by atoms with Crippen molar-refractivity contribution in [3.63, 3.8) is 0 Å². The fraction of sp³-hybridized carbons (Fsp3) is 0.938. The lowest BCUT2D eigenvalue weighted by Crippen LogP contribution is -2.48. The molecule has 1 aliphatic heterocycles. The standard InChI is InChI=1S/C9H18N2O2.C7H14/c1-9(2,3)13-8(12)11-6-4-10-5-7-11;1-7-5-3-2-4-6-7/h10H,4-7H2,1-3H3;7H,2-6H2,1H3. The maximum Gasteiger partial charge on any atom is 0.410 e. The van der Waals surface area contributed by atoms with E-state index in [1.54, 1.807) is 4.90 Å². The van der Waals surface area contributed by atoms with E-state index in [-0.39, 0.29) is 11.7 Å². The molecule has 1 saturated carbocycles. The molecule has 1 heterocycles. The van der Waals surface area contributed by atoms with Crippen LogP contribution in [0.4, 0.5) is 4.79 Å². The van der Waals surface area contributed by atoms with Crippen molar-refractivity contribution in [1.29, 1.82) is 0 Å². The number of carbonyl (C=O) groups excluding carboxylic acids is 1. The zero-order chi connectivity index (χ0) is 15.0. The lowest BCUT2D eigenvalue weighted by Gasteiger charge is -2.30. The molecule has 0 aromatic heterocycles. The molecule has 0 bridgehead atoms. The monoisotopic (exact) mass is 284 g/mol. The van der Waals surface area contributed by atoms with E-state index in [4.69, 9.17) is 4.74 Å². The fourth-order valence-electron chi connectivity index (χ4n) is 2.48. The first-order chi connectivity index (χ1) is 9.38. The van der Waals surface area contributed by atoms with Gasteiger partial charge in [0.1, 0.15) is 5.60 Å². The molecule has 0 radical (unpaired) electrons. The maximum atomic E-state index is 11.5. The van der Waals surface area contributed by atoms with Gasteiger partial charge in [0.05, 0.1) is 0 Å². The number of nitrogens with zero attached hydrogens (tertiary/aromatic N) is 1. The lowest BCUT2D eigenvalue weighted by atomic mass is 9.91. The highest BCUT2D eigenvalue weighted by Crippen LogP contribution is 2.22. The first kappa shape index (κ1) is 17.3. The molecule has 118 valence electrons. The molecule has 1 saturated heterocycles. The van der Waals surface area contributed by atoms with E-state index in [1.165, 1.54) is 32.1 Å². The summed E-state index contributed by atoms with van der Waals surface area (Å²) < 4.78 is 5.24. The Morgan fingerprint density at radius 3 is 2.05 bits per heavy atom. The number of piperazine rings is 1. The van der Waals surface area contributed by atoms with Gasteiger partial charge in [0.25, 0.3) is 0 Å². The van der Waals surface area contributed by atoms with Gasteiger partial charge in [0.2, 0.25) is 0 Å². The molecule has 0 aromatic carbocycles. The van der Waals surface area contributed by atoms with Crippen molar-refractivity contribution in [2.45, 2.75) is 65.4 Å². The number of hydrogen-bond donors (Lipinski definition) is 1. The number of hydrogen-bond acceptors (Lipinski definition) is 3. The number of ether oxygens (including phenoxy) is 1. The van der Waals surface area contributed by atoms with Gasteiger partial charge in [0.15, 0.2) is 0 Å². The van der Waals surface area contributed by atoms with Crippen LogP contribution in [0.15, 0.2) is 0 Å². The second-order valence-electron chi connectivity index (χ2n) is 6.96. The van der Waals surface area contributed by atoms with Gasteiger partial charge >= 0.3 is 6.09 Å². The molecule has 0 spiro atoms. The summed E-state index contributed by atoms with van der Waals surface area (Å²) in [4.78, 5) is 13.2. The average Bonchev–Trinajstić information content (AvgIpc) is 2.39. The zero-order valence-corrected chi connectivity index (χ0v) is 13.7. The minimum absolute atomic E-state index is 0.200. The third kappa shape index (κ3) is 7.73. The highest BCUT2D eigenvalue weighted by atomic mass is 16.6. The summed E-state index contributed by atoms with van der Waals surface area (Å²) in [5.74, 6) is 1.04. The van der Waals surface area contributed by atoms with Gasteiger partial charge in [-0.2, -0.15) is 0 Å². The third-order valence-electron chi connectivity index (χ3n) is 3.66. The average molecular weight is 284 g/mol. The van der Waals surface area contributed by atoms with E-state index < -0.39 is 0 Å². The van der Waals surface area contributed by atoms with E-state index in [0.717, 1.165) is 32.1 Å². The van der Waals surface area contributed by atoms with Crippen LogP contribution in [0.1, 0.15) is 59.8 Å². The molecule has 0 unspecified atom stereocenters. The molecule has 4 nitrogen and oxygen atoms in total. The lowest BCUT2D eigenvalue weighted by molar-refractivity contribution is 0.0229. The molecule has 1 N–H and O–H groups in total. The predicted octanol–water partition coefficient (Wildman–Crippen LogP) is 3.41. The minimum atomic E-state index is -0.387. The van der Waals surface area contributed by atoms with Crippen LogP contribution in [0, 0.1) is 5.92 Å². The van der Waals surface area contributed by atoms with Gasteiger partial charge < -0.3 is 15.0 Å². The topological polar surface area (TPSA) is 41.6 Å². The highest BCUT2D eigenvalue weighted by molar-refractivity contribution is 5.68. The van der Waals surface area contributed by atoms with E-state index in [0.29, 0.717) is 0 Å². The van der Waals surface area contributed by atoms with Crippen LogP contribution in [0.5, 0.6) is 0 Å². The summed E-state index contributed by atoms with van der Waals surface area (Å²) in [5.41, 5.74) is -0.387. The quantitative estimate of drug-likeness (QED) is 0.741. The van der Waals surface area contributed by atoms with Gasteiger partial charge in [0, 0.05) is 26.2 Å². The van der Waals surface area contributed by atoms with Crippen LogP contribution in [-0.2, 0) is 4.74 Å². The Labute approximate surface area is 124 Å². The molecule has 20 heavy (non-hydrogen) atoms. The van der Waals surface area contributed by atoms with Crippen molar-refractivity contribution < 1.29 is 9.53 Å². The van der Waals surface area contributed by atoms with Crippen LogP contribution in [0.3, 0.4) is 0 Å². The van der Waals surface area contributed by atoms with Gasteiger partial charge in [-0.1, -0.05) is 39.0 Å². The van der Waals surface area contributed by atoms with Crippen LogP contribution < -0.4 is 5.32 Å². The fourth-order valence-corrected chi connectivity index (χ4v) is 2.48. The van der Waals surface area contributed by atoms with E-state index in [2.05, 4.69) is 12.2 Å². The molecule has 2 fully saturated rings. The second-order valence-corrected chi connectivity index (χ2v) is 6.96. The summed E-state index contributed by atoms with van der Waals surface area (Å²) in [5, 5.41) is 3.18. The van der Waals surface area contributed by atoms with Crippen molar-refractivity contribution in [2.24, 2.45) is 5.92 Å². The Morgan fingerprint density at radius 2 is 1.65 bits per heavy atom. The second kappa shape index (κ2) is 8.50. The Bertz CT molecular complexity index is 275. The number of nitrogens with one attached hydrogen (secondary N) is 1.